The van der Waals surface area contributed by atoms with Crippen molar-refractivity contribution in [2.45, 2.75) is 19.8 Å². The zero-order chi connectivity index (χ0) is 19.7. The van der Waals surface area contributed by atoms with E-state index in [4.69, 9.17) is 0 Å². The van der Waals surface area contributed by atoms with Gasteiger partial charge in [-0.15, -0.1) is 0 Å². The van der Waals surface area contributed by atoms with Crippen LogP contribution in [-0.4, -0.2) is 36.9 Å². The van der Waals surface area contributed by atoms with Crippen molar-refractivity contribution in [3.8, 4) is 0 Å². The van der Waals surface area contributed by atoms with Crippen molar-refractivity contribution in [1.82, 2.24) is 4.90 Å². The second-order valence-corrected chi connectivity index (χ2v) is 7.38. The lowest BCUT2D eigenvalue weighted by molar-refractivity contribution is -0.116. The topological polar surface area (TPSA) is 40.6 Å². The van der Waals surface area contributed by atoms with E-state index in [1.54, 1.807) is 16.7 Å². The van der Waals surface area contributed by atoms with Crippen molar-refractivity contribution in [2.75, 3.05) is 25.0 Å². The minimum atomic E-state index is 0.0179. The quantitative estimate of drug-likeness (QED) is 0.693. The molecular weight excluding hydrogens is 348 g/mol. The van der Waals surface area contributed by atoms with Gasteiger partial charge in [0.25, 0.3) is 5.91 Å². The summed E-state index contributed by atoms with van der Waals surface area (Å²) in [4.78, 5) is 28.1. The Labute approximate surface area is 165 Å². The van der Waals surface area contributed by atoms with Gasteiger partial charge >= 0.3 is 0 Å². The molecule has 1 heterocycles. The molecule has 0 N–H and O–H groups in total. The van der Waals surface area contributed by atoms with Crippen LogP contribution in [0.2, 0.25) is 0 Å². The Kier molecular flexibility index (Phi) is 4.86. The summed E-state index contributed by atoms with van der Waals surface area (Å²) in [6, 6.07) is 20.3. The molecule has 1 aliphatic rings. The average molecular weight is 372 g/mol. The number of hydrogen-bond acceptors (Lipinski definition) is 2. The molecule has 0 saturated carbocycles. The second-order valence-electron chi connectivity index (χ2n) is 7.38. The minimum Gasteiger partial charge on any atom is -0.341 e. The van der Waals surface area contributed by atoms with Gasteiger partial charge in [-0.25, -0.2) is 0 Å². The van der Waals surface area contributed by atoms with E-state index in [-0.39, 0.29) is 11.8 Å². The van der Waals surface area contributed by atoms with Gasteiger partial charge in [0.05, 0.1) is 0 Å². The van der Waals surface area contributed by atoms with E-state index in [2.05, 4.69) is 36.4 Å². The van der Waals surface area contributed by atoms with E-state index in [0.29, 0.717) is 18.7 Å². The van der Waals surface area contributed by atoms with Crippen LogP contribution in [0.4, 0.5) is 5.69 Å². The third kappa shape index (κ3) is 3.38. The number of amides is 2. The normalized spacial score (nSPS) is 12.9. The molecule has 0 saturated heterocycles. The standard InChI is InChI=1S/C24H24N2O2/c1-17(27)26-15-13-20-16-21(10-11-23(20)26)24(28)25(2)14-12-19-8-5-7-18-6-3-4-9-22(18)19/h3-11,16H,12-15H2,1-2H3. The zero-order valence-corrected chi connectivity index (χ0v) is 16.3. The summed E-state index contributed by atoms with van der Waals surface area (Å²) in [5.41, 5.74) is 3.94. The molecule has 142 valence electrons. The third-order valence-electron chi connectivity index (χ3n) is 5.55. The summed E-state index contributed by atoms with van der Waals surface area (Å²) < 4.78 is 0. The van der Waals surface area contributed by atoms with Crippen molar-refractivity contribution in [2.24, 2.45) is 0 Å². The molecule has 2 amide bonds. The fourth-order valence-electron chi connectivity index (χ4n) is 3.98. The highest BCUT2D eigenvalue weighted by molar-refractivity contribution is 5.97. The number of anilines is 1. The van der Waals surface area contributed by atoms with Crippen molar-refractivity contribution in [3.63, 3.8) is 0 Å². The molecule has 0 spiro atoms. The molecule has 4 heteroatoms. The van der Waals surface area contributed by atoms with Crippen LogP contribution in [0.3, 0.4) is 0 Å². The summed E-state index contributed by atoms with van der Waals surface area (Å²) in [6.45, 7) is 2.93. The summed E-state index contributed by atoms with van der Waals surface area (Å²) >= 11 is 0. The summed E-state index contributed by atoms with van der Waals surface area (Å²) in [5, 5.41) is 2.47. The average Bonchev–Trinajstić information content (AvgIpc) is 3.15. The van der Waals surface area contributed by atoms with Gasteiger partial charge in [-0.3, -0.25) is 9.59 Å². The number of nitrogens with zero attached hydrogens (tertiary/aromatic N) is 2. The number of benzene rings is 3. The van der Waals surface area contributed by atoms with Crippen molar-refractivity contribution in [3.05, 3.63) is 77.4 Å². The highest BCUT2D eigenvalue weighted by atomic mass is 16.2. The molecule has 1 aliphatic heterocycles. The minimum absolute atomic E-state index is 0.0179. The molecule has 0 bridgehead atoms. The zero-order valence-electron chi connectivity index (χ0n) is 16.3. The smallest absolute Gasteiger partial charge is 0.253 e. The Bertz CT molecular complexity index is 1050. The van der Waals surface area contributed by atoms with Crippen LogP contribution in [-0.2, 0) is 17.6 Å². The number of rotatable bonds is 4. The van der Waals surface area contributed by atoms with Gasteiger partial charge in [0.15, 0.2) is 0 Å². The number of likely N-dealkylation sites (N-methyl/N-ethyl adjacent to an activating group) is 1. The van der Waals surface area contributed by atoms with Crippen LogP contribution in [0.25, 0.3) is 10.8 Å². The van der Waals surface area contributed by atoms with E-state index in [9.17, 15) is 9.59 Å². The largest absolute Gasteiger partial charge is 0.341 e. The van der Waals surface area contributed by atoms with Crippen LogP contribution in [0, 0.1) is 0 Å². The maximum atomic E-state index is 12.9. The maximum absolute atomic E-state index is 12.9. The van der Waals surface area contributed by atoms with Gasteiger partial charge in [0.2, 0.25) is 5.91 Å². The summed E-state index contributed by atoms with van der Waals surface area (Å²) in [6.07, 6.45) is 1.61. The predicted octanol–water partition coefficient (Wildman–Crippen LogP) is 4.06. The SMILES string of the molecule is CC(=O)N1CCc2cc(C(=O)N(C)CCc3cccc4ccccc34)ccc21. The number of carbonyl (C=O) groups excluding carboxylic acids is 2. The highest BCUT2D eigenvalue weighted by Crippen LogP contribution is 2.29. The molecule has 4 rings (SSSR count). The van der Waals surface area contributed by atoms with Crippen LogP contribution >= 0.6 is 0 Å². The molecule has 0 aromatic heterocycles. The molecule has 4 nitrogen and oxygen atoms in total. The molecule has 0 atom stereocenters. The van der Waals surface area contributed by atoms with Crippen molar-refractivity contribution in [1.29, 1.82) is 0 Å². The van der Waals surface area contributed by atoms with E-state index in [0.717, 1.165) is 24.1 Å². The maximum Gasteiger partial charge on any atom is 0.253 e. The Balaban J connectivity index is 1.47. The van der Waals surface area contributed by atoms with Crippen LogP contribution in [0.15, 0.2) is 60.7 Å². The first-order chi connectivity index (χ1) is 13.5. The molecule has 3 aromatic rings. The molecule has 0 aliphatic carbocycles. The third-order valence-corrected chi connectivity index (χ3v) is 5.55. The molecule has 0 unspecified atom stereocenters. The van der Waals surface area contributed by atoms with Gasteiger partial charge in [-0.05, 0) is 52.9 Å². The van der Waals surface area contributed by atoms with E-state index in [1.165, 1.54) is 16.3 Å². The van der Waals surface area contributed by atoms with E-state index in [1.807, 2.05) is 31.3 Å². The summed E-state index contributed by atoms with van der Waals surface area (Å²) in [5.74, 6) is 0.0642. The fourth-order valence-corrected chi connectivity index (χ4v) is 3.98. The fraction of sp³-hybridized carbons (Fsp3) is 0.250. The lowest BCUT2D eigenvalue weighted by Crippen LogP contribution is -2.29. The lowest BCUT2D eigenvalue weighted by Gasteiger charge is -2.19. The first kappa shape index (κ1) is 18.2. The molecule has 3 aromatic carbocycles. The van der Waals surface area contributed by atoms with Crippen LogP contribution in [0.5, 0.6) is 0 Å². The summed E-state index contributed by atoms with van der Waals surface area (Å²) in [7, 11) is 1.85. The highest BCUT2D eigenvalue weighted by Gasteiger charge is 2.23. The van der Waals surface area contributed by atoms with Gasteiger partial charge in [0.1, 0.15) is 0 Å². The van der Waals surface area contributed by atoms with Crippen molar-refractivity contribution < 1.29 is 9.59 Å². The molecule has 28 heavy (non-hydrogen) atoms. The number of hydrogen-bond donors (Lipinski definition) is 0. The number of fused-ring (bicyclic) bond motifs is 2. The van der Waals surface area contributed by atoms with Gasteiger partial charge in [-0.2, -0.15) is 0 Å². The Hall–Kier alpha value is -3.14. The van der Waals surface area contributed by atoms with Gasteiger partial charge < -0.3 is 9.80 Å². The van der Waals surface area contributed by atoms with Crippen LogP contribution in [0.1, 0.15) is 28.4 Å². The van der Waals surface area contributed by atoms with Crippen molar-refractivity contribution >= 4 is 28.3 Å². The first-order valence-corrected chi connectivity index (χ1v) is 9.68. The first-order valence-electron chi connectivity index (χ1n) is 9.68. The van der Waals surface area contributed by atoms with Gasteiger partial charge in [0, 0.05) is 38.3 Å². The Morgan fingerprint density at radius 2 is 1.82 bits per heavy atom. The van der Waals surface area contributed by atoms with Gasteiger partial charge in [-0.1, -0.05) is 42.5 Å². The predicted molar refractivity (Wildman–Crippen MR) is 113 cm³/mol. The molecular formula is C24H24N2O2. The van der Waals surface area contributed by atoms with E-state index < -0.39 is 0 Å². The van der Waals surface area contributed by atoms with Crippen LogP contribution < -0.4 is 4.90 Å². The Morgan fingerprint density at radius 1 is 1.04 bits per heavy atom. The monoisotopic (exact) mass is 372 g/mol. The number of carbonyl (C=O) groups is 2. The van der Waals surface area contributed by atoms with E-state index >= 15 is 0 Å². The second kappa shape index (κ2) is 7.47. The Morgan fingerprint density at radius 3 is 2.64 bits per heavy atom. The lowest BCUT2D eigenvalue weighted by atomic mass is 10.0. The molecule has 0 fully saturated rings. The molecule has 0 radical (unpaired) electrons.